The standard InChI is InChI=1S/C18H26N4O/c1-5-15-13(2)17(21-20-15)18(23)19-16(11-12-22(3)4)14-9-7-6-8-10-14/h6-10,16H,5,11-12H2,1-4H3,(H,19,23)(H,20,21). The van der Waals surface area contributed by atoms with Crippen LogP contribution in [0.5, 0.6) is 0 Å². The normalized spacial score (nSPS) is 12.4. The Hall–Kier alpha value is -2.14. The molecule has 23 heavy (non-hydrogen) atoms. The van der Waals surface area contributed by atoms with Gasteiger partial charge in [0, 0.05) is 11.3 Å². The first-order valence-corrected chi connectivity index (χ1v) is 8.07. The van der Waals surface area contributed by atoms with Crippen molar-refractivity contribution in [3.63, 3.8) is 0 Å². The van der Waals surface area contributed by atoms with E-state index >= 15 is 0 Å². The lowest BCUT2D eigenvalue weighted by Gasteiger charge is -2.21. The molecule has 2 N–H and O–H groups in total. The third kappa shape index (κ3) is 4.42. The maximum atomic E-state index is 12.6. The molecule has 0 aliphatic heterocycles. The molecule has 0 fully saturated rings. The van der Waals surface area contributed by atoms with Gasteiger partial charge in [0.15, 0.2) is 5.69 Å². The van der Waals surface area contributed by atoms with Gasteiger partial charge in [-0.05, 0) is 46.0 Å². The van der Waals surface area contributed by atoms with E-state index in [1.807, 2.05) is 46.1 Å². The highest BCUT2D eigenvalue weighted by atomic mass is 16.2. The molecule has 2 rings (SSSR count). The van der Waals surface area contributed by atoms with E-state index in [1.54, 1.807) is 0 Å². The van der Waals surface area contributed by atoms with Crippen LogP contribution < -0.4 is 5.32 Å². The Bertz CT molecular complexity index is 634. The molecule has 0 saturated heterocycles. The predicted molar refractivity (Wildman–Crippen MR) is 92.5 cm³/mol. The molecule has 1 aromatic heterocycles. The van der Waals surface area contributed by atoms with Crippen LogP contribution in [-0.2, 0) is 6.42 Å². The fraction of sp³-hybridized carbons (Fsp3) is 0.444. The van der Waals surface area contributed by atoms with Crippen LogP contribution in [-0.4, -0.2) is 41.6 Å². The van der Waals surface area contributed by atoms with Crippen LogP contribution in [0.3, 0.4) is 0 Å². The summed E-state index contributed by atoms with van der Waals surface area (Å²) in [6.07, 6.45) is 1.70. The minimum atomic E-state index is -0.119. The van der Waals surface area contributed by atoms with Gasteiger partial charge < -0.3 is 10.2 Å². The molecule has 0 bridgehead atoms. The highest BCUT2D eigenvalue weighted by molar-refractivity contribution is 5.94. The third-order valence-corrected chi connectivity index (χ3v) is 4.05. The van der Waals surface area contributed by atoms with Gasteiger partial charge in [-0.1, -0.05) is 37.3 Å². The molecule has 0 saturated carbocycles. The van der Waals surface area contributed by atoms with Crippen LogP contribution in [0.2, 0.25) is 0 Å². The van der Waals surface area contributed by atoms with Crippen molar-refractivity contribution in [1.82, 2.24) is 20.4 Å². The van der Waals surface area contributed by atoms with Crippen molar-refractivity contribution >= 4 is 5.91 Å². The molecule has 1 heterocycles. The van der Waals surface area contributed by atoms with E-state index in [-0.39, 0.29) is 11.9 Å². The number of hydrogen-bond acceptors (Lipinski definition) is 3. The Kier molecular flexibility index (Phi) is 5.93. The molecule has 2 aromatic rings. The first-order chi connectivity index (χ1) is 11.0. The van der Waals surface area contributed by atoms with Crippen LogP contribution >= 0.6 is 0 Å². The van der Waals surface area contributed by atoms with Gasteiger partial charge in [-0.2, -0.15) is 5.10 Å². The average molecular weight is 314 g/mol. The zero-order valence-corrected chi connectivity index (χ0v) is 14.4. The zero-order valence-electron chi connectivity index (χ0n) is 14.4. The van der Waals surface area contributed by atoms with Crippen LogP contribution in [0, 0.1) is 6.92 Å². The number of carbonyl (C=O) groups is 1. The lowest BCUT2D eigenvalue weighted by molar-refractivity contribution is 0.0927. The van der Waals surface area contributed by atoms with E-state index in [4.69, 9.17) is 0 Å². The second kappa shape index (κ2) is 7.92. The zero-order chi connectivity index (χ0) is 16.8. The Balaban J connectivity index is 2.16. The van der Waals surface area contributed by atoms with E-state index < -0.39 is 0 Å². The van der Waals surface area contributed by atoms with Gasteiger partial charge in [0.05, 0.1) is 6.04 Å². The molecule has 124 valence electrons. The van der Waals surface area contributed by atoms with Gasteiger partial charge >= 0.3 is 0 Å². The first-order valence-electron chi connectivity index (χ1n) is 8.07. The molecule has 0 radical (unpaired) electrons. The number of benzene rings is 1. The van der Waals surface area contributed by atoms with Crippen LogP contribution in [0.15, 0.2) is 30.3 Å². The Morgan fingerprint density at radius 2 is 2.00 bits per heavy atom. The summed E-state index contributed by atoms with van der Waals surface area (Å²) >= 11 is 0. The van der Waals surface area contributed by atoms with E-state index in [1.165, 1.54) is 0 Å². The molecule has 1 aromatic carbocycles. The van der Waals surface area contributed by atoms with Gasteiger partial charge in [-0.3, -0.25) is 9.89 Å². The molecule has 5 heteroatoms. The Morgan fingerprint density at radius 1 is 1.30 bits per heavy atom. The monoisotopic (exact) mass is 314 g/mol. The number of aryl methyl sites for hydroxylation is 1. The molecule has 1 unspecified atom stereocenters. The summed E-state index contributed by atoms with van der Waals surface area (Å²) in [5.41, 5.74) is 3.56. The molecule has 1 amide bonds. The first kappa shape index (κ1) is 17.2. The van der Waals surface area contributed by atoms with Crippen molar-refractivity contribution < 1.29 is 4.79 Å². The molecular formula is C18H26N4O. The largest absolute Gasteiger partial charge is 0.344 e. The third-order valence-electron chi connectivity index (χ3n) is 4.05. The summed E-state index contributed by atoms with van der Waals surface area (Å²) in [5.74, 6) is -0.119. The van der Waals surface area contributed by atoms with Crippen molar-refractivity contribution in [2.75, 3.05) is 20.6 Å². The number of amides is 1. The average Bonchev–Trinajstić information content (AvgIpc) is 2.92. The van der Waals surface area contributed by atoms with E-state index in [9.17, 15) is 4.79 Å². The fourth-order valence-corrected chi connectivity index (χ4v) is 2.62. The smallest absolute Gasteiger partial charge is 0.272 e. The highest BCUT2D eigenvalue weighted by Crippen LogP contribution is 2.18. The van der Waals surface area contributed by atoms with Crippen LogP contribution in [0.25, 0.3) is 0 Å². The maximum absolute atomic E-state index is 12.6. The predicted octanol–water partition coefficient (Wildman–Crippen LogP) is 2.70. The van der Waals surface area contributed by atoms with E-state index in [0.717, 1.165) is 36.2 Å². The van der Waals surface area contributed by atoms with Crippen molar-refractivity contribution in [1.29, 1.82) is 0 Å². The van der Waals surface area contributed by atoms with Crippen LogP contribution in [0.4, 0.5) is 0 Å². The van der Waals surface area contributed by atoms with Gasteiger partial charge in [-0.25, -0.2) is 0 Å². The quantitative estimate of drug-likeness (QED) is 0.826. The van der Waals surface area contributed by atoms with Gasteiger partial charge in [0.2, 0.25) is 0 Å². The second-order valence-electron chi connectivity index (χ2n) is 6.06. The SMILES string of the molecule is CCc1[nH]nc(C(=O)NC(CCN(C)C)c2ccccc2)c1C. The van der Waals surface area contributed by atoms with Crippen molar-refractivity contribution in [2.45, 2.75) is 32.7 Å². The Labute approximate surface area is 138 Å². The number of hydrogen-bond donors (Lipinski definition) is 2. The van der Waals surface area contributed by atoms with Gasteiger partial charge in [-0.15, -0.1) is 0 Å². The molecular weight excluding hydrogens is 288 g/mol. The molecule has 5 nitrogen and oxygen atoms in total. The number of rotatable bonds is 7. The van der Waals surface area contributed by atoms with E-state index in [0.29, 0.717) is 5.69 Å². The topological polar surface area (TPSA) is 61.0 Å². The number of nitrogens with one attached hydrogen (secondary N) is 2. The number of carbonyl (C=O) groups excluding carboxylic acids is 1. The van der Waals surface area contributed by atoms with E-state index in [2.05, 4.69) is 32.5 Å². The number of H-pyrrole nitrogens is 1. The summed E-state index contributed by atoms with van der Waals surface area (Å²) in [5, 5.41) is 10.3. The fourth-order valence-electron chi connectivity index (χ4n) is 2.62. The highest BCUT2D eigenvalue weighted by Gasteiger charge is 2.20. The summed E-state index contributed by atoms with van der Waals surface area (Å²) < 4.78 is 0. The maximum Gasteiger partial charge on any atom is 0.272 e. The minimum Gasteiger partial charge on any atom is -0.344 e. The number of aromatic nitrogens is 2. The molecule has 0 spiro atoms. The van der Waals surface area contributed by atoms with Crippen molar-refractivity contribution in [2.24, 2.45) is 0 Å². The Morgan fingerprint density at radius 3 is 2.57 bits per heavy atom. The lowest BCUT2D eigenvalue weighted by atomic mass is 10.0. The van der Waals surface area contributed by atoms with Crippen molar-refractivity contribution in [3.8, 4) is 0 Å². The summed E-state index contributed by atoms with van der Waals surface area (Å²) in [6, 6.07) is 10.1. The molecule has 0 aliphatic rings. The minimum absolute atomic E-state index is 0.0210. The number of nitrogens with zero attached hydrogens (tertiary/aromatic N) is 2. The second-order valence-corrected chi connectivity index (χ2v) is 6.06. The summed E-state index contributed by atoms with van der Waals surface area (Å²) in [4.78, 5) is 14.7. The van der Waals surface area contributed by atoms with Gasteiger partial charge in [0.25, 0.3) is 5.91 Å². The van der Waals surface area contributed by atoms with Gasteiger partial charge in [0.1, 0.15) is 0 Å². The molecule has 0 aliphatic carbocycles. The lowest BCUT2D eigenvalue weighted by Crippen LogP contribution is -2.31. The summed E-state index contributed by atoms with van der Waals surface area (Å²) in [6.45, 7) is 4.89. The summed E-state index contributed by atoms with van der Waals surface area (Å²) in [7, 11) is 4.07. The number of aromatic amines is 1. The van der Waals surface area contributed by atoms with Crippen LogP contribution in [0.1, 0.15) is 46.7 Å². The molecule has 1 atom stereocenters. The van der Waals surface area contributed by atoms with Crippen molar-refractivity contribution in [3.05, 3.63) is 52.8 Å².